The molecule has 0 radical (unpaired) electrons. The van der Waals surface area contributed by atoms with Crippen LogP contribution in [0.1, 0.15) is 41.4 Å². The van der Waals surface area contributed by atoms with Gasteiger partial charge in [0.2, 0.25) is 0 Å². The first-order valence-corrected chi connectivity index (χ1v) is 8.95. The molecule has 0 saturated carbocycles. The standard InChI is InChI=1S/C19H26N4O2/c1-4-17-14(2)10-16(18(24)21(17)3)19(25)23-8-5-6-15(12-23)11-22-9-7-20-13-22/h7,9-10,13,15H,4-6,8,11-12H2,1-3H3/t15-/m1/s1. The number of amides is 1. The van der Waals surface area contributed by atoms with Gasteiger partial charge in [-0.1, -0.05) is 6.92 Å². The number of rotatable bonds is 4. The molecule has 0 aliphatic carbocycles. The lowest BCUT2D eigenvalue weighted by atomic mass is 9.97. The monoisotopic (exact) mass is 342 g/mol. The van der Waals surface area contributed by atoms with E-state index in [9.17, 15) is 9.59 Å². The van der Waals surface area contributed by atoms with Crippen LogP contribution in [0.5, 0.6) is 0 Å². The number of hydrogen-bond donors (Lipinski definition) is 0. The van der Waals surface area contributed by atoms with Gasteiger partial charge in [0.25, 0.3) is 11.5 Å². The second-order valence-electron chi connectivity index (χ2n) is 6.92. The summed E-state index contributed by atoms with van der Waals surface area (Å²) in [5, 5.41) is 0. The Morgan fingerprint density at radius 2 is 2.20 bits per heavy atom. The van der Waals surface area contributed by atoms with Gasteiger partial charge in [-0.2, -0.15) is 0 Å². The average molecular weight is 342 g/mol. The number of nitrogens with zero attached hydrogens (tertiary/aromatic N) is 4. The van der Waals surface area contributed by atoms with Gasteiger partial charge in [-0.05, 0) is 43.7 Å². The molecule has 25 heavy (non-hydrogen) atoms. The lowest BCUT2D eigenvalue weighted by Gasteiger charge is -2.33. The number of piperidine rings is 1. The summed E-state index contributed by atoms with van der Waals surface area (Å²) in [6.45, 7) is 6.25. The van der Waals surface area contributed by atoms with Gasteiger partial charge >= 0.3 is 0 Å². The maximum atomic E-state index is 13.0. The molecule has 1 saturated heterocycles. The Hall–Kier alpha value is -2.37. The fourth-order valence-corrected chi connectivity index (χ4v) is 3.86. The first-order chi connectivity index (χ1) is 12.0. The van der Waals surface area contributed by atoms with Crippen molar-refractivity contribution >= 4 is 5.91 Å². The van der Waals surface area contributed by atoms with Crippen molar-refractivity contribution in [2.24, 2.45) is 13.0 Å². The third kappa shape index (κ3) is 3.52. The normalized spacial score (nSPS) is 17.7. The Morgan fingerprint density at radius 3 is 2.88 bits per heavy atom. The average Bonchev–Trinajstić information content (AvgIpc) is 3.11. The SMILES string of the molecule is CCc1c(C)cc(C(=O)N2CCC[C@H](Cn3ccnc3)C2)c(=O)n1C. The van der Waals surface area contributed by atoms with Crippen LogP contribution in [0, 0.1) is 12.8 Å². The van der Waals surface area contributed by atoms with Gasteiger partial charge in [-0.3, -0.25) is 9.59 Å². The molecule has 6 heteroatoms. The van der Waals surface area contributed by atoms with Crippen molar-refractivity contribution in [2.75, 3.05) is 13.1 Å². The van der Waals surface area contributed by atoms with Gasteiger partial charge in [-0.25, -0.2) is 4.98 Å². The zero-order valence-corrected chi connectivity index (χ0v) is 15.2. The van der Waals surface area contributed by atoms with Crippen LogP contribution >= 0.6 is 0 Å². The highest BCUT2D eigenvalue weighted by Gasteiger charge is 2.27. The van der Waals surface area contributed by atoms with E-state index in [1.165, 1.54) is 0 Å². The van der Waals surface area contributed by atoms with E-state index in [1.54, 1.807) is 23.9 Å². The fraction of sp³-hybridized carbons (Fsp3) is 0.526. The van der Waals surface area contributed by atoms with Crippen molar-refractivity contribution in [1.29, 1.82) is 0 Å². The van der Waals surface area contributed by atoms with Crippen LogP contribution in [0.3, 0.4) is 0 Å². The van der Waals surface area contributed by atoms with Gasteiger partial charge in [0.1, 0.15) is 5.56 Å². The highest BCUT2D eigenvalue weighted by molar-refractivity contribution is 5.94. The first kappa shape index (κ1) is 17.5. The predicted molar refractivity (Wildman–Crippen MR) is 96.7 cm³/mol. The van der Waals surface area contributed by atoms with Crippen molar-refractivity contribution in [3.05, 3.63) is 52.0 Å². The Balaban J connectivity index is 1.80. The molecule has 1 atom stereocenters. The van der Waals surface area contributed by atoms with Crippen molar-refractivity contribution in [3.8, 4) is 0 Å². The van der Waals surface area contributed by atoms with E-state index in [2.05, 4.69) is 9.55 Å². The molecular weight excluding hydrogens is 316 g/mol. The third-order valence-corrected chi connectivity index (χ3v) is 5.16. The largest absolute Gasteiger partial charge is 0.338 e. The van der Waals surface area contributed by atoms with E-state index in [0.717, 1.165) is 43.6 Å². The summed E-state index contributed by atoms with van der Waals surface area (Å²) in [6, 6.07) is 1.77. The molecule has 2 aromatic rings. The van der Waals surface area contributed by atoms with Crippen LogP contribution in [-0.4, -0.2) is 38.0 Å². The Labute approximate surface area is 148 Å². The summed E-state index contributed by atoms with van der Waals surface area (Å²) in [5.41, 5.74) is 2.09. The number of carbonyl (C=O) groups excluding carboxylic acids is 1. The summed E-state index contributed by atoms with van der Waals surface area (Å²) in [7, 11) is 1.75. The van der Waals surface area contributed by atoms with Crippen LogP contribution in [0.15, 0.2) is 29.6 Å². The van der Waals surface area contributed by atoms with Crippen LogP contribution in [-0.2, 0) is 20.0 Å². The smallest absolute Gasteiger partial charge is 0.263 e. The molecule has 0 spiro atoms. The molecule has 1 amide bonds. The Kier molecular flexibility index (Phi) is 5.06. The molecule has 6 nitrogen and oxygen atoms in total. The maximum absolute atomic E-state index is 13.0. The molecule has 0 bridgehead atoms. The minimum atomic E-state index is -0.191. The zero-order valence-electron chi connectivity index (χ0n) is 15.2. The van der Waals surface area contributed by atoms with Gasteiger partial charge in [0.15, 0.2) is 0 Å². The van der Waals surface area contributed by atoms with Gasteiger partial charge in [0, 0.05) is 44.8 Å². The highest BCUT2D eigenvalue weighted by atomic mass is 16.2. The third-order valence-electron chi connectivity index (χ3n) is 5.16. The summed E-state index contributed by atoms with van der Waals surface area (Å²) >= 11 is 0. The number of aromatic nitrogens is 3. The van der Waals surface area contributed by atoms with E-state index < -0.39 is 0 Å². The molecule has 0 unspecified atom stereocenters. The minimum Gasteiger partial charge on any atom is -0.338 e. The number of hydrogen-bond acceptors (Lipinski definition) is 3. The van der Waals surface area contributed by atoms with Crippen LogP contribution in [0.25, 0.3) is 0 Å². The quantitative estimate of drug-likeness (QED) is 0.854. The molecule has 1 aliphatic heterocycles. The van der Waals surface area contributed by atoms with Crippen molar-refractivity contribution in [2.45, 2.75) is 39.7 Å². The summed E-state index contributed by atoms with van der Waals surface area (Å²) < 4.78 is 3.67. The lowest BCUT2D eigenvalue weighted by Crippen LogP contribution is -2.43. The van der Waals surface area contributed by atoms with E-state index in [1.807, 2.05) is 31.3 Å². The second-order valence-corrected chi connectivity index (χ2v) is 6.92. The summed E-state index contributed by atoms with van der Waals surface area (Å²) in [6.07, 6.45) is 8.37. The molecule has 1 aliphatic rings. The highest BCUT2D eigenvalue weighted by Crippen LogP contribution is 2.20. The van der Waals surface area contributed by atoms with Crippen LogP contribution < -0.4 is 5.56 Å². The van der Waals surface area contributed by atoms with Crippen molar-refractivity contribution < 1.29 is 4.79 Å². The zero-order chi connectivity index (χ0) is 18.0. The van der Waals surface area contributed by atoms with Gasteiger partial charge < -0.3 is 14.0 Å². The van der Waals surface area contributed by atoms with Gasteiger partial charge in [-0.15, -0.1) is 0 Å². The molecule has 1 fully saturated rings. The molecule has 0 aromatic carbocycles. The number of carbonyl (C=O) groups is 1. The fourth-order valence-electron chi connectivity index (χ4n) is 3.86. The second kappa shape index (κ2) is 7.25. The number of aryl methyl sites for hydroxylation is 1. The summed E-state index contributed by atoms with van der Waals surface area (Å²) in [4.78, 5) is 31.5. The van der Waals surface area contributed by atoms with E-state index in [-0.39, 0.29) is 11.5 Å². The molecule has 0 N–H and O–H groups in total. The van der Waals surface area contributed by atoms with Crippen LogP contribution in [0.2, 0.25) is 0 Å². The van der Waals surface area contributed by atoms with Crippen molar-refractivity contribution in [3.63, 3.8) is 0 Å². The van der Waals surface area contributed by atoms with Crippen LogP contribution in [0.4, 0.5) is 0 Å². The van der Waals surface area contributed by atoms with E-state index in [4.69, 9.17) is 0 Å². The Bertz CT molecular complexity index is 808. The van der Waals surface area contributed by atoms with Crippen molar-refractivity contribution in [1.82, 2.24) is 19.0 Å². The van der Waals surface area contributed by atoms with E-state index >= 15 is 0 Å². The Morgan fingerprint density at radius 1 is 1.40 bits per heavy atom. The molecular formula is C19H26N4O2. The number of pyridine rings is 1. The molecule has 2 aromatic heterocycles. The lowest BCUT2D eigenvalue weighted by molar-refractivity contribution is 0.0659. The molecule has 134 valence electrons. The minimum absolute atomic E-state index is 0.137. The maximum Gasteiger partial charge on any atom is 0.263 e. The topological polar surface area (TPSA) is 60.1 Å². The first-order valence-electron chi connectivity index (χ1n) is 8.95. The van der Waals surface area contributed by atoms with E-state index in [0.29, 0.717) is 18.0 Å². The summed E-state index contributed by atoms with van der Waals surface area (Å²) in [5.74, 6) is 0.258. The molecule has 3 rings (SSSR count). The number of imidazole rings is 1. The predicted octanol–water partition coefficient (Wildman–Crippen LogP) is 2.01. The van der Waals surface area contributed by atoms with Gasteiger partial charge in [0.05, 0.1) is 6.33 Å². The molecule has 3 heterocycles. The number of likely N-dealkylation sites (tertiary alicyclic amines) is 1.